The van der Waals surface area contributed by atoms with Crippen LogP contribution in [0.15, 0.2) is 53.4 Å². The van der Waals surface area contributed by atoms with E-state index in [-0.39, 0.29) is 17.6 Å². The first-order valence-electron chi connectivity index (χ1n) is 8.73. The minimum atomic E-state index is -0.260. The van der Waals surface area contributed by atoms with E-state index in [1.807, 2.05) is 32.0 Å². The van der Waals surface area contributed by atoms with Gasteiger partial charge in [0.15, 0.2) is 5.13 Å². The monoisotopic (exact) mass is 422 g/mol. The molecule has 0 radical (unpaired) electrons. The average molecular weight is 423 g/mol. The summed E-state index contributed by atoms with van der Waals surface area (Å²) >= 11 is 2.71. The molecule has 29 heavy (non-hydrogen) atoms. The van der Waals surface area contributed by atoms with Gasteiger partial charge in [0.1, 0.15) is 0 Å². The molecule has 1 heterocycles. The molecular weight excluding hydrogens is 404 g/mol. The molecule has 0 atom stereocenters. The van der Waals surface area contributed by atoms with Crippen molar-refractivity contribution in [3.05, 3.63) is 70.2 Å². The van der Waals surface area contributed by atoms with Crippen LogP contribution >= 0.6 is 23.1 Å². The van der Waals surface area contributed by atoms with Gasteiger partial charge in [-0.15, -0.1) is 23.1 Å². The van der Waals surface area contributed by atoms with Gasteiger partial charge in [0.05, 0.1) is 28.6 Å². The summed E-state index contributed by atoms with van der Waals surface area (Å²) in [5.41, 5.74) is 2.42. The number of amides is 2. The lowest BCUT2D eigenvalue weighted by Gasteiger charge is -2.09. The highest BCUT2D eigenvalue weighted by atomic mass is 32.2. The van der Waals surface area contributed by atoms with E-state index in [1.54, 1.807) is 36.4 Å². The van der Waals surface area contributed by atoms with Gasteiger partial charge in [0.2, 0.25) is 5.91 Å². The molecule has 0 saturated carbocycles. The Morgan fingerprint density at radius 2 is 1.93 bits per heavy atom. The van der Waals surface area contributed by atoms with Crippen molar-refractivity contribution >= 4 is 45.7 Å². The predicted octanol–water partition coefficient (Wildman–Crippen LogP) is 4.61. The molecule has 0 bridgehead atoms. The topological polar surface area (TPSA) is 94.9 Å². The van der Waals surface area contributed by atoms with Gasteiger partial charge >= 0.3 is 0 Å². The number of thiazole rings is 1. The first-order valence-corrected chi connectivity index (χ1v) is 10.5. The number of aryl methyl sites for hydroxylation is 2. The second-order valence-electron chi connectivity index (χ2n) is 6.14. The van der Waals surface area contributed by atoms with Gasteiger partial charge in [0, 0.05) is 15.5 Å². The van der Waals surface area contributed by atoms with Crippen LogP contribution in [0.4, 0.5) is 10.8 Å². The molecule has 8 heteroatoms. The van der Waals surface area contributed by atoms with Crippen LogP contribution in [0.25, 0.3) is 0 Å². The van der Waals surface area contributed by atoms with E-state index in [4.69, 9.17) is 5.26 Å². The van der Waals surface area contributed by atoms with Crippen molar-refractivity contribution in [3.8, 4) is 6.07 Å². The molecule has 0 aliphatic carbocycles. The molecule has 2 amide bonds. The molecule has 0 saturated heterocycles. The fourth-order valence-corrected chi connectivity index (χ4v) is 4.14. The highest BCUT2D eigenvalue weighted by Crippen LogP contribution is 2.26. The van der Waals surface area contributed by atoms with E-state index >= 15 is 0 Å². The summed E-state index contributed by atoms with van der Waals surface area (Å²) in [7, 11) is 0. The lowest BCUT2D eigenvalue weighted by molar-refractivity contribution is -0.113. The normalized spacial score (nSPS) is 10.2. The van der Waals surface area contributed by atoms with Crippen LogP contribution in [0.1, 0.15) is 26.5 Å². The summed E-state index contributed by atoms with van der Waals surface area (Å²) in [4.78, 5) is 31.0. The van der Waals surface area contributed by atoms with Crippen molar-refractivity contribution in [2.75, 3.05) is 16.4 Å². The number of hydrogen-bond donors (Lipinski definition) is 2. The van der Waals surface area contributed by atoms with E-state index in [0.717, 1.165) is 10.6 Å². The zero-order chi connectivity index (χ0) is 20.8. The molecule has 0 aliphatic heterocycles. The van der Waals surface area contributed by atoms with Gasteiger partial charge < -0.3 is 5.32 Å². The number of aromatic nitrogens is 1. The van der Waals surface area contributed by atoms with Gasteiger partial charge in [-0.25, -0.2) is 4.98 Å². The fourth-order valence-electron chi connectivity index (χ4n) is 2.48. The zero-order valence-electron chi connectivity index (χ0n) is 15.9. The predicted molar refractivity (Wildman–Crippen MR) is 116 cm³/mol. The summed E-state index contributed by atoms with van der Waals surface area (Å²) in [5, 5.41) is 15.1. The molecular formula is C21H18N4O2S2. The summed E-state index contributed by atoms with van der Waals surface area (Å²) in [6, 6.07) is 15.9. The number of carbonyl (C=O) groups is 2. The maximum absolute atomic E-state index is 12.7. The van der Waals surface area contributed by atoms with Gasteiger partial charge in [0.25, 0.3) is 5.91 Å². The van der Waals surface area contributed by atoms with E-state index in [1.165, 1.54) is 23.1 Å². The Morgan fingerprint density at radius 1 is 1.14 bits per heavy atom. The maximum atomic E-state index is 12.7. The third-order valence-corrected chi connectivity index (χ3v) is 6.08. The third-order valence-electron chi connectivity index (χ3n) is 4.01. The van der Waals surface area contributed by atoms with Crippen LogP contribution in [0, 0.1) is 25.2 Å². The van der Waals surface area contributed by atoms with Crippen molar-refractivity contribution in [2.45, 2.75) is 18.7 Å². The fraction of sp³-hybridized carbons (Fsp3) is 0.143. The van der Waals surface area contributed by atoms with Crippen LogP contribution < -0.4 is 10.6 Å². The number of nitrogens with one attached hydrogen (secondary N) is 2. The molecule has 3 rings (SSSR count). The number of thioether (sulfide) groups is 1. The number of nitrogens with zero attached hydrogens (tertiary/aromatic N) is 2. The maximum Gasteiger partial charge on any atom is 0.258 e. The van der Waals surface area contributed by atoms with Gasteiger partial charge in [-0.3, -0.25) is 14.9 Å². The Kier molecular flexibility index (Phi) is 6.65. The van der Waals surface area contributed by atoms with Crippen LogP contribution in [-0.2, 0) is 4.79 Å². The minimum absolute atomic E-state index is 0.135. The molecule has 1 aromatic heterocycles. The molecule has 3 aromatic rings. The number of anilines is 2. The van der Waals surface area contributed by atoms with Crippen LogP contribution in [0.5, 0.6) is 0 Å². The van der Waals surface area contributed by atoms with Gasteiger partial charge in [-0.1, -0.05) is 18.2 Å². The lowest BCUT2D eigenvalue weighted by atomic mass is 10.2. The molecule has 0 fully saturated rings. The Balaban J connectivity index is 1.64. The SMILES string of the molecule is Cc1nc(NC(=O)c2ccccc2SCC(=O)Nc2cccc(C#N)c2)sc1C. The largest absolute Gasteiger partial charge is 0.325 e. The Morgan fingerprint density at radius 3 is 2.66 bits per heavy atom. The number of benzene rings is 2. The number of carbonyl (C=O) groups excluding carboxylic acids is 2. The first-order chi connectivity index (χ1) is 14.0. The minimum Gasteiger partial charge on any atom is -0.325 e. The van der Waals surface area contributed by atoms with Crippen molar-refractivity contribution < 1.29 is 9.59 Å². The molecule has 0 unspecified atom stereocenters. The highest BCUT2D eigenvalue weighted by molar-refractivity contribution is 8.00. The van der Waals surface area contributed by atoms with Gasteiger partial charge in [-0.2, -0.15) is 5.26 Å². The zero-order valence-corrected chi connectivity index (χ0v) is 17.5. The Hall–Kier alpha value is -3.15. The van der Waals surface area contributed by atoms with Crippen molar-refractivity contribution in [3.63, 3.8) is 0 Å². The molecule has 0 spiro atoms. The number of nitriles is 1. The van der Waals surface area contributed by atoms with Crippen molar-refractivity contribution in [1.82, 2.24) is 4.98 Å². The third kappa shape index (κ3) is 5.44. The Labute approximate surface area is 177 Å². The van der Waals surface area contributed by atoms with Crippen molar-refractivity contribution in [2.24, 2.45) is 0 Å². The van der Waals surface area contributed by atoms with Crippen LogP contribution in [0.3, 0.4) is 0 Å². The summed E-state index contributed by atoms with van der Waals surface area (Å²) in [5.74, 6) is -0.341. The van der Waals surface area contributed by atoms with E-state index in [9.17, 15) is 9.59 Å². The summed E-state index contributed by atoms with van der Waals surface area (Å²) in [6.07, 6.45) is 0. The molecule has 2 aromatic carbocycles. The quantitative estimate of drug-likeness (QED) is 0.566. The average Bonchev–Trinajstić information content (AvgIpc) is 3.03. The lowest BCUT2D eigenvalue weighted by Crippen LogP contribution is -2.16. The highest BCUT2D eigenvalue weighted by Gasteiger charge is 2.15. The number of rotatable bonds is 6. The van der Waals surface area contributed by atoms with E-state index < -0.39 is 0 Å². The molecule has 2 N–H and O–H groups in total. The second-order valence-corrected chi connectivity index (χ2v) is 8.36. The van der Waals surface area contributed by atoms with Crippen molar-refractivity contribution in [1.29, 1.82) is 5.26 Å². The van der Waals surface area contributed by atoms with E-state index in [2.05, 4.69) is 15.6 Å². The molecule has 146 valence electrons. The molecule has 6 nitrogen and oxygen atoms in total. The second kappa shape index (κ2) is 9.37. The standard InChI is InChI=1S/C21H18N4O2S2/c1-13-14(2)29-21(23-13)25-20(27)17-8-3-4-9-18(17)28-12-19(26)24-16-7-5-6-15(10-16)11-22/h3-10H,12H2,1-2H3,(H,24,26)(H,23,25,27). The smallest absolute Gasteiger partial charge is 0.258 e. The summed E-state index contributed by atoms with van der Waals surface area (Å²) < 4.78 is 0. The van der Waals surface area contributed by atoms with Gasteiger partial charge in [-0.05, 0) is 44.2 Å². The summed E-state index contributed by atoms with van der Waals surface area (Å²) in [6.45, 7) is 3.85. The molecule has 0 aliphatic rings. The Bertz CT molecular complexity index is 1080. The number of hydrogen-bond acceptors (Lipinski definition) is 6. The van der Waals surface area contributed by atoms with Crippen LogP contribution in [0.2, 0.25) is 0 Å². The first kappa shape index (κ1) is 20.6. The van der Waals surface area contributed by atoms with E-state index in [0.29, 0.717) is 26.8 Å². The van der Waals surface area contributed by atoms with Crippen LogP contribution in [-0.4, -0.2) is 22.6 Å².